The van der Waals surface area contributed by atoms with Gasteiger partial charge in [0.2, 0.25) is 0 Å². The molecule has 0 aromatic carbocycles. The summed E-state index contributed by atoms with van der Waals surface area (Å²) in [5.41, 5.74) is 0.705. The Labute approximate surface area is 103 Å². The number of aromatic nitrogens is 1. The van der Waals surface area contributed by atoms with E-state index in [1.165, 1.54) is 24.3 Å². The van der Waals surface area contributed by atoms with Crippen LogP contribution in [-0.2, 0) is 17.6 Å². The number of thioether (sulfide) groups is 1. The maximum Gasteiger partial charge on any atom is 0.309 e. The highest BCUT2D eigenvalue weighted by Gasteiger charge is 2.16. The van der Waals surface area contributed by atoms with Crippen molar-refractivity contribution in [3.63, 3.8) is 0 Å². The van der Waals surface area contributed by atoms with Crippen molar-refractivity contribution in [1.29, 1.82) is 0 Å². The summed E-state index contributed by atoms with van der Waals surface area (Å²) in [7, 11) is 0. The number of hydrogen-bond acceptors (Lipinski definition) is 4. The predicted octanol–water partition coefficient (Wildman–Crippen LogP) is 2.46. The van der Waals surface area contributed by atoms with Gasteiger partial charge < -0.3 is 5.11 Å². The average molecular weight is 257 g/mol. The van der Waals surface area contributed by atoms with Gasteiger partial charge >= 0.3 is 5.97 Å². The topological polar surface area (TPSA) is 50.2 Å². The molecule has 0 radical (unpaired) electrons. The molecule has 0 bridgehead atoms. The van der Waals surface area contributed by atoms with Crippen LogP contribution in [0, 0.1) is 5.92 Å². The number of carboxylic acid groups (broad SMARTS) is 1. The zero-order chi connectivity index (χ0) is 11.4. The third-order valence-corrected chi connectivity index (χ3v) is 4.85. The average Bonchev–Trinajstić information content (AvgIpc) is 2.66. The van der Waals surface area contributed by atoms with Gasteiger partial charge in [0, 0.05) is 11.8 Å². The van der Waals surface area contributed by atoms with E-state index in [0.717, 1.165) is 17.3 Å². The lowest BCUT2D eigenvalue weighted by molar-refractivity contribution is -0.136. The van der Waals surface area contributed by atoms with Crippen molar-refractivity contribution in [1.82, 2.24) is 4.98 Å². The van der Waals surface area contributed by atoms with Crippen molar-refractivity contribution in [3.05, 3.63) is 16.1 Å². The zero-order valence-electron chi connectivity index (χ0n) is 9.02. The lowest BCUT2D eigenvalue weighted by Gasteiger charge is -2.19. The second-order valence-electron chi connectivity index (χ2n) is 4.09. The summed E-state index contributed by atoms with van der Waals surface area (Å²) in [4.78, 5) is 14.9. The van der Waals surface area contributed by atoms with Gasteiger partial charge in [-0.15, -0.1) is 11.3 Å². The van der Waals surface area contributed by atoms with Crippen LogP contribution < -0.4 is 0 Å². The van der Waals surface area contributed by atoms with Crippen molar-refractivity contribution < 1.29 is 9.90 Å². The normalized spacial score (nSPS) is 20.9. The van der Waals surface area contributed by atoms with E-state index in [4.69, 9.17) is 5.11 Å². The molecular weight excluding hydrogens is 242 g/mol. The van der Waals surface area contributed by atoms with Crippen LogP contribution in [0.25, 0.3) is 0 Å². The van der Waals surface area contributed by atoms with Crippen LogP contribution in [0.5, 0.6) is 0 Å². The molecule has 0 saturated carbocycles. The maximum atomic E-state index is 10.5. The molecule has 1 aromatic heterocycles. The first-order valence-corrected chi connectivity index (χ1v) is 7.50. The summed E-state index contributed by atoms with van der Waals surface area (Å²) in [5, 5.41) is 11.6. The second-order valence-corrected chi connectivity index (χ2v) is 6.18. The van der Waals surface area contributed by atoms with Gasteiger partial charge in [0.05, 0.1) is 17.1 Å². The minimum absolute atomic E-state index is 0.0515. The highest BCUT2D eigenvalue weighted by molar-refractivity contribution is 7.99. The molecule has 88 valence electrons. The van der Waals surface area contributed by atoms with Gasteiger partial charge in [-0.3, -0.25) is 4.79 Å². The molecule has 1 unspecified atom stereocenters. The largest absolute Gasteiger partial charge is 0.481 e. The third kappa shape index (κ3) is 3.49. The molecule has 0 amide bonds. The molecule has 1 aliphatic rings. The highest BCUT2D eigenvalue weighted by Crippen LogP contribution is 2.26. The van der Waals surface area contributed by atoms with Gasteiger partial charge in [0.15, 0.2) is 0 Å². The number of hydrogen-bond donors (Lipinski definition) is 1. The first-order valence-electron chi connectivity index (χ1n) is 5.47. The van der Waals surface area contributed by atoms with Gasteiger partial charge in [-0.2, -0.15) is 11.8 Å². The molecular formula is C11H15NO2S2. The Kier molecular flexibility index (Phi) is 4.23. The van der Waals surface area contributed by atoms with Crippen molar-refractivity contribution in [2.45, 2.75) is 25.7 Å². The fourth-order valence-corrected chi connectivity index (χ4v) is 3.96. The second kappa shape index (κ2) is 5.68. The Morgan fingerprint density at radius 2 is 2.50 bits per heavy atom. The fraction of sp³-hybridized carbons (Fsp3) is 0.636. The van der Waals surface area contributed by atoms with E-state index < -0.39 is 5.97 Å². The van der Waals surface area contributed by atoms with Gasteiger partial charge in [-0.1, -0.05) is 0 Å². The van der Waals surface area contributed by atoms with E-state index in [0.29, 0.717) is 5.69 Å². The molecule has 0 aliphatic carbocycles. The first kappa shape index (κ1) is 11.9. The number of carbonyl (C=O) groups is 1. The molecule has 1 aliphatic heterocycles. The summed E-state index contributed by atoms with van der Waals surface area (Å²) in [6, 6.07) is 0. The number of carboxylic acids is 1. The Morgan fingerprint density at radius 3 is 3.19 bits per heavy atom. The van der Waals surface area contributed by atoms with Gasteiger partial charge in [-0.25, -0.2) is 4.98 Å². The smallest absolute Gasteiger partial charge is 0.309 e. The highest BCUT2D eigenvalue weighted by atomic mass is 32.2. The first-order chi connectivity index (χ1) is 7.74. The molecule has 5 heteroatoms. The summed E-state index contributed by atoms with van der Waals surface area (Å²) in [6.07, 6.45) is 3.68. The maximum absolute atomic E-state index is 10.5. The van der Waals surface area contributed by atoms with E-state index in [1.807, 2.05) is 17.1 Å². The number of rotatable bonds is 4. The number of nitrogens with zero attached hydrogens (tertiary/aromatic N) is 1. The van der Waals surface area contributed by atoms with Crippen LogP contribution in [-0.4, -0.2) is 27.6 Å². The van der Waals surface area contributed by atoms with Crippen molar-refractivity contribution >= 4 is 29.1 Å². The molecule has 2 rings (SSSR count). The van der Waals surface area contributed by atoms with Crippen LogP contribution in [0.2, 0.25) is 0 Å². The lowest BCUT2D eigenvalue weighted by Crippen LogP contribution is -2.13. The number of aliphatic carboxylic acids is 1. The summed E-state index contributed by atoms with van der Waals surface area (Å²) in [6.45, 7) is 0. The van der Waals surface area contributed by atoms with Gasteiger partial charge in [0.25, 0.3) is 0 Å². The Balaban J connectivity index is 1.88. The molecule has 1 aromatic rings. The Bertz CT molecular complexity index is 359. The molecule has 1 fully saturated rings. The molecule has 3 nitrogen and oxygen atoms in total. The van der Waals surface area contributed by atoms with Crippen molar-refractivity contribution in [2.75, 3.05) is 11.5 Å². The van der Waals surface area contributed by atoms with E-state index in [1.54, 1.807) is 11.3 Å². The SMILES string of the molecule is O=C(O)Cc1csc(CC2CCCSC2)n1. The quantitative estimate of drug-likeness (QED) is 0.900. The van der Waals surface area contributed by atoms with Crippen molar-refractivity contribution in [2.24, 2.45) is 5.92 Å². The van der Waals surface area contributed by atoms with E-state index in [9.17, 15) is 4.79 Å². The Hall–Kier alpha value is -0.550. The predicted molar refractivity (Wildman–Crippen MR) is 67.2 cm³/mol. The van der Waals surface area contributed by atoms with Crippen LogP contribution in [0.3, 0.4) is 0 Å². The van der Waals surface area contributed by atoms with Gasteiger partial charge in [-0.05, 0) is 30.3 Å². The molecule has 0 spiro atoms. The minimum Gasteiger partial charge on any atom is -0.481 e. The Morgan fingerprint density at radius 1 is 1.62 bits per heavy atom. The molecule has 1 N–H and O–H groups in total. The lowest BCUT2D eigenvalue weighted by atomic mass is 10.0. The number of thiazole rings is 1. The van der Waals surface area contributed by atoms with Crippen molar-refractivity contribution in [3.8, 4) is 0 Å². The minimum atomic E-state index is -0.801. The summed E-state index contributed by atoms with van der Waals surface area (Å²) < 4.78 is 0. The molecule has 16 heavy (non-hydrogen) atoms. The monoisotopic (exact) mass is 257 g/mol. The molecule has 2 heterocycles. The summed E-state index contributed by atoms with van der Waals surface area (Å²) >= 11 is 3.62. The van der Waals surface area contributed by atoms with Crippen LogP contribution >= 0.6 is 23.1 Å². The van der Waals surface area contributed by atoms with Gasteiger partial charge in [0.1, 0.15) is 0 Å². The van der Waals surface area contributed by atoms with E-state index >= 15 is 0 Å². The van der Waals surface area contributed by atoms with Crippen LogP contribution in [0.4, 0.5) is 0 Å². The van der Waals surface area contributed by atoms with E-state index in [-0.39, 0.29) is 6.42 Å². The van der Waals surface area contributed by atoms with E-state index in [2.05, 4.69) is 4.98 Å². The van der Waals surface area contributed by atoms with Crippen LogP contribution in [0.15, 0.2) is 5.38 Å². The molecule has 1 atom stereocenters. The third-order valence-electron chi connectivity index (χ3n) is 2.65. The zero-order valence-corrected chi connectivity index (χ0v) is 10.6. The molecule has 1 saturated heterocycles. The van der Waals surface area contributed by atoms with Crippen LogP contribution in [0.1, 0.15) is 23.5 Å². The standard InChI is InChI=1S/C11H15NO2S2/c13-11(14)5-9-7-16-10(12-9)4-8-2-1-3-15-6-8/h7-8H,1-6H2,(H,13,14). The summed E-state index contributed by atoms with van der Waals surface area (Å²) in [5.74, 6) is 2.46. The fourth-order valence-electron chi connectivity index (χ4n) is 1.89.